The second-order valence-corrected chi connectivity index (χ2v) is 2.78. The summed E-state index contributed by atoms with van der Waals surface area (Å²) in [5.74, 6) is 0. The van der Waals surface area contributed by atoms with E-state index in [0.29, 0.717) is 6.04 Å². The third-order valence-corrected chi connectivity index (χ3v) is 1.80. The third-order valence-electron chi connectivity index (χ3n) is 1.80. The lowest BCUT2D eigenvalue weighted by Crippen LogP contribution is -2.44. The monoisotopic (exact) mass is 129 g/mol. The second-order valence-electron chi connectivity index (χ2n) is 2.78. The van der Waals surface area contributed by atoms with Gasteiger partial charge in [0.25, 0.3) is 0 Å². The number of hydrogen-bond acceptors (Lipinski definition) is 2. The maximum absolute atomic E-state index is 8.88. The zero-order valence-corrected chi connectivity index (χ0v) is 5.93. The molecule has 2 heteroatoms. The smallest absolute Gasteiger partial charge is 0.0570 e. The lowest BCUT2D eigenvalue weighted by atomic mass is 9.89. The summed E-state index contributed by atoms with van der Waals surface area (Å²) in [5.41, 5.74) is 0. The molecule has 1 saturated carbocycles. The highest BCUT2D eigenvalue weighted by atomic mass is 16.3. The Bertz CT molecular complexity index is 79.0. The molecule has 0 spiro atoms. The zero-order chi connectivity index (χ0) is 6.69. The van der Waals surface area contributed by atoms with Gasteiger partial charge in [-0.15, -0.1) is 0 Å². The van der Waals surface area contributed by atoms with E-state index in [-0.39, 0.29) is 6.10 Å². The molecule has 0 aromatic rings. The van der Waals surface area contributed by atoms with Gasteiger partial charge in [-0.3, -0.25) is 0 Å². The molecule has 0 unspecified atom stereocenters. The van der Waals surface area contributed by atoms with Gasteiger partial charge in [0, 0.05) is 6.04 Å². The summed E-state index contributed by atoms with van der Waals surface area (Å²) >= 11 is 0. The van der Waals surface area contributed by atoms with Crippen molar-refractivity contribution in [3.8, 4) is 0 Å². The molecule has 0 amide bonds. The van der Waals surface area contributed by atoms with Crippen LogP contribution < -0.4 is 5.32 Å². The minimum Gasteiger partial charge on any atom is -0.393 e. The SMILES string of the molecule is CCCN[C@H]1C[C@@H](O)C1. The van der Waals surface area contributed by atoms with Crippen LogP contribution in [0.5, 0.6) is 0 Å². The Labute approximate surface area is 56.3 Å². The fraction of sp³-hybridized carbons (Fsp3) is 1.00. The molecule has 1 aliphatic rings. The molecule has 1 fully saturated rings. The Morgan fingerprint density at radius 3 is 2.67 bits per heavy atom. The van der Waals surface area contributed by atoms with E-state index < -0.39 is 0 Å². The second kappa shape index (κ2) is 3.18. The summed E-state index contributed by atoms with van der Waals surface area (Å²) in [6, 6.07) is 0.611. The van der Waals surface area contributed by atoms with Crippen LogP contribution in [-0.4, -0.2) is 23.8 Å². The minimum atomic E-state index is -0.0145. The van der Waals surface area contributed by atoms with E-state index in [1.165, 1.54) is 6.42 Å². The summed E-state index contributed by atoms with van der Waals surface area (Å²) < 4.78 is 0. The first-order valence-electron chi connectivity index (χ1n) is 3.74. The molecule has 0 bridgehead atoms. The van der Waals surface area contributed by atoms with Crippen molar-refractivity contribution < 1.29 is 5.11 Å². The molecular formula is C7H15NO. The third kappa shape index (κ3) is 1.95. The van der Waals surface area contributed by atoms with Crippen LogP contribution in [0.3, 0.4) is 0 Å². The molecule has 0 atom stereocenters. The van der Waals surface area contributed by atoms with Crippen molar-refractivity contribution in [2.24, 2.45) is 0 Å². The van der Waals surface area contributed by atoms with Crippen molar-refractivity contribution in [2.75, 3.05) is 6.54 Å². The molecule has 0 aliphatic heterocycles. The van der Waals surface area contributed by atoms with Crippen LogP contribution in [0.25, 0.3) is 0 Å². The Hall–Kier alpha value is -0.0800. The van der Waals surface area contributed by atoms with Crippen LogP contribution >= 0.6 is 0 Å². The highest BCUT2D eigenvalue weighted by molar-refractivity contribution is 4.83. The van der Waals surface area contributed by atoms with Crippen molar-refractivity contribution in [3.63, 3.8) is 0 Å². The quantitative estimate of drug-likeness (QED) is 0.582. The molecule has 1 aliphatic carbocycles. The molecule has 2 N–H and O–H groups in total. The highest BCUT2D eigenvalue weighted by Gasteiger charge is 2.25. The van der Waals surface area contributed by atoms with Gasteiger partial charge in [-0.25, -0.2) is 0 Å². The molecule has 0 aromatic heterocycles. The molecule has 2 nitrogen and oxygen atoms in total. The van der Waals surface area contributed by atoms with E-state index in [0.717, 1.165) is 19.4 Å². The predicted octanol–water partition coefficient (Wildman–Crippen LogP) is 0.509. The van der Waals surface area contributed by atoms with Crippen LogP contribution in [-0.2, 0) is 0 Å². The number of nitrogens with one attached hydrogen (secondary N) is 1. The molecular weight excluding hydrogens is 114 g/mol. The summed E-state index contributed by atoms with van der Waals surface area (Å²) in [6.45, 7) is 3.25. The van der Waals surface area contributed by atoms with E-state index >= 15 is 0 Å². The number of aliphatic hydroxyl groups excluding tert-OH is 1. The molecule has 9 heavy (non-hydrogen) atoms. The minimum absolute atomic E-state index is 0.0145. The van der Waals surface area contributed by atoms with Gasteiger partial charge in [0.2, 0.25) is 0 Å². The van der Waals surface area contributed by atoms with Crippen LogP contribution in [0.4, 0.5) is 0 Å². The normalized spacial score (nSPS) is 34.0. The van der Waals surface area contributed by atoms with Gasteiger partial charge in [-0.2, -0.15) is 0 Å². The lowest BCUT2D eigenvalue weighted by molar-refractivity contribution is 0.0628. The van der Waals surface area contributed by atoms with E-state index in [2.05, 4.69) is 12.2 Å². The molecule has 0 aromatic carbocycles. The average molecular weight is 129 g/mol. The highest BCUT2D eigenvalue weighted by Crippen LogP contribution is 2.18. The van der Waals surface area contributed by atoms with E-state index in [4.69, 9.17) is 5.11 Å². The van der Waals surface area contributed by atoms with Gasteiger partial charge >= 0.3 is 0 Å². The van der Waals surface area contributed by atoms with Crippen LogP contribution in [0, 0.1) is 0 Å². The topological polar surface area (TPSA) is 32.3 Å². The van der Waals surface area contributed by atoms with E-state index in [9.17, 15) is 0 Å². The first-order chi connectivity index (χ1) is 4.33. The molecule has 0 heterocycles. The van der Waals surface area contributed by atoms with Crippen molar-refractivity contribution in [1.29, 1.82) is 0 Å². The van der Waals surface area contributed by atoms with Crippen molar-refractivity contribution in [3.05, 3.63) is 0 Å². The first kappa shape index (κ1) is 7.03. The van der Waals surface area contributed by atoms with Crippen molar-refractivity contribution in [1.82, 2.24) is 5.32 Å². The average Bonchev–Trinajstić information content (AvgIpc) is 1.78. The zero-order valence-electron chi connectivity index (χ0n) is 5.93. The fourth-order valence-corrected chi connectivity index (χ4v) is 1.10. The summed E-state index contributed by atoms with van der Waals surface area (Å²) in [7, 11) is 0. The van der Waals surface area contributed by atoms with Gasteiger partial charge in [-0.05, 0) is 25.8 Å². The Kier molecular flexibility index (Phi) is 2.49. The van der Waals surface area contributed by atoms with Crippen molar-refractivity contribution in [2.45, 2.75) is 38.3 Å². The Balaban J connectivity index is 1.91. The number of hydrogen-bond donors (Lipinski definition) is 2. The summed E-state index contributed by atoms with van der Waals surface area (Å²) in [6.07, 6.45) is 3.09. The first-order valence-corrected chi connectivity index (χ1v) is 3.74. The van der Waals surface area contributed by atoms with Crippen LogP contribution in [0.1, 0.15) is 26.2 Å². The largest absolute Gasteiger partial charge is 0.393 e. The number of aliphatic hydroxyl groups is 1. The Morgan fingerprint density at radius 1 is 1.56 bits per heavy atom. The van der Waals surface area contributed by atoms with Crippen LogP contribution in [0.2, 0.25) is 0 Å². The van der Waals surface area contributed by atoms with Gasteiger partial charge in [0.15, 0.2) is 0 Å². The van der Waals surface area contributed by atoms with E-state index in [1.807, 2.05) is 0 Å². The van der Waals surface area contributed by atoms with Gasteiger partial charge < -0.3 is 10.4 Å². The number of rotatable bonds is 3. The van der Waals surface area contributed by atoms with Crippen LogP contribution in [0.15, 0.2) is 0 Å². The standard InChI is InChI=1S/C7H15NO/c1-2-3-8-6-4-7(9)5-6/h6-9H,2-5H2,1H3/t6-,7+. The summed E-state index contributed by atoms with van der Waals surface area (Å²) in [5, 5.41) is 12.2. The Morgan fingerprint density at radius 2 is 2.22 bits per heavy atom. The van der Waals surface area contributed by atoms with Gasteiger partial charge in [0.1, 0.15) is 0 Å². The van der Waals surface area contributed by atoms with Gasteiger partial charge in [0.05, 0.1) is 6.10 Å². The summed E-state index contributed by atoms with van der Waals surface area (Å²) in [4.78, 5) is 0. The van der Waals surface area contributed by atoms with E-state index in [1.54, 1.807) is 0 Å². The molecule has 0 radical (unpaired) electrons. The lowest BCUT2D eigenvalue weighted by Gasteiger charge is -2.31. The predicted molar refractivity (Wildman–Crippen MR) is 37.3 cm³/mol. The fourth-order valence-electron chi connectivity index (χ4n) is 1.10. The molecule has 54 valence electrons. The maximum atomic E-state index is 8.88. The van der Waals surface area contributed by atoms with Gasteiger partial charge in [-0.1, -0.05) is 6.92 Å². The maximum Gasteiger partial charge on any atom is 0.0570 e. The molecule has 1 rings (SSSR count). The molecule has 0 saturated heterocycles. The van der Waals surface area contributed by atoms with Crippen molar-refractivity contribution >= 4 is 0 Å².